The second kappa shape index (κ2) is 5.08. The number of halogens is 1. The highest BCUT2D eigenvalue weighted by molar-refractivity contribution is 6.22. The summed E-state index contributed by atoms with van der Waals surface area (Å²) < 4.78 is 0. The van der Waals surface area contributed by atoms with Crippen molar-refractivity contribution in [2.24, 2.45) is 0 Å². The van der Waals surface area contributed by atoms with Crippen LogP contribution in [0, 0.1) is 0 Å². The molecule has 96 valence electrons. The van der Waals surface area contributed by atoms with Crippen molar-refractivity contribution in [2.45, 2.75) is 18.8 Å². The summed E-state index contributed by atoms with van der Waals surface area (Å²) in [5.41, 5.74) is 2.13. The van der Waals surface area contributed by atoms with E-state index >= 15 is 0 Å². The number of carbonyl (C=O) groups is 2. The van der Waals surface area contributed by atoms with Gasteiger partial charge in [-0.05, 0) is 36.9 Å². The summed E-state index contributed by atoms with van der Waals surface area (Å²) in [7, 11) is 0. The minimum Gasteiger partial charge on any atom is -0.316 e. The Labute approximate surface area is 112 Å². The lowest BCUT2D eigenvalue weighted by Crippen LogP contribution is -2.29. The molecule has 3 rings (SSSR count). The molecule has 4 nitrogen and oxygen atoms in total. The van der Waals surface area contributed by atoms with Gasteiger partial charge in [-0.15, -0.1) is 12.4 Å². The summed E-state index contributed by atoms with van der Waals surface area (Å²) in [6.07, 6.45) is 2.19. The summed E-state index contributed by atoms with van der Waals surface area (Å²) in [6, 6.07) is 5.55. The fourth-order valence-corrected chi connectivity index (χ4v) is 2.70. The highest BCUT2D eigenvalue weighted by Crippen LogP contribution is 2.30. The third kappa shape index (κ3) is 2.02. The van der Waals surface area contributed by atoms with Crippen molar-refractivity contribution in [3.63, 3.8) is 0 Å². The van der Waals surface area contributed by atoms with Gasteiger partial charge >= 0.3 is 0 Å². The lowest BCUT2D eigenvalue weighted by molar-refractivity contribution is 0.0879. The predicted octanol–water partition coefficient (Wildman–Crippen LogP) is 1.46. The molecule has 2 amide bonds. The number of fused-ring (bicyclic) bond motifs is 1. The van der Waals surface area contributed by atoms with Crippen LogP contribution in [0.2, 0.25) is 0 Å². The molecule has 0 aliphatic carbocycles. The second-order valence-electron chi connectivity index (χ2n) is 4.60. The highest BCUT2D eigenvalue weighted by atomic mass is 35.5. The molecule has 1 fully saturated rings. The van der Waals surface area contributed by atoms with E-state index in [1.54, 1.807) is 6.07 Å². The first-order chi connectivity index (χ1) is 8.27. The van der Waals surface area contributed by atoms with Crippen LogP contribution in [-0.4, -0.2) is 24.9 Å². The molecule has 0 spiro atoms. The number of hydrogen-bond donors (Lipinski definition) is 2. The molecule has 2 heterocycles. The topological polar surface area (TPSA) is 58.2 Å². The van der Waals surface area contributed by atoms with Crippen molar-refractivity contribution in [1.29, 1.82) is 0 Å². The standard InChI is InChI=1S/C13H14N2O2.ClH/c16-12-10-5-1-4-9(11(10)13(17)15-12)8-3-2-6-14-7-8;/h1,4-5,8,14H,2-3,6-7H2,(H,15,16,17);1H/t8-;/m0./s1. The number of nitrogens with one attached hydrogen (secondary N) is 2. The quantitative estimate of drug-likeness (QED) is 0.757. The molecule has 0 saturated carbocycles. The Hall–Kier alpha value is -1.39. The van der Waals surface area contributed by atoms with E-state index in [2.05, 4.69) is 10.6 Å². The number of piperidine rings is 1. The normalized spacial score (nSPS) is 22.1. The molecule has 0 radical (unpaired) electrons. The summed E-state index contributed by atoms with van der Waals surface area (Å²) in [5.74, 6) is -0.169. The highest BCUT2D eigenvalue weighted by Gasteiger charge is 2.31. The van der Waals surface area contributed by atoms with Crippen LogP contribution in [-0.2, 0) is 0 Å². The fraction of sp³-hybridized carbons (Fsp3) is 0.385. The van der Waals surface area contributed by atoms with Crippen LogP contribution in [0.4, 0.5) is 0 Å². The lowest BCUT2D eigenvalue weighted by atomic mass is 9.87. The number of rotatable bonds is 1. The molecule has 1 aromatic carbocycles. The first-order valence-electron chi connectivity index (χ1n) is 5.96. The molecule has 0 unspecified atom stereocenters. The molecule has 1 aromatic rings. The fourth-order valence-electron chi connectivity index (χ4n) is 2.70. The average molecular weight is 267 g/mol. The monoisotopic (exact) mass is 266 g/mol. The van der Waals surface area contributed by atoms with E-state index in [0.29, 0.717) is 17.0 Å². The Bertz CT molecular complexity index is 496. The van der Waals surface area contributed by atoms with Crippen molar-refractivity contribution in [3.05, 3.63) is 34.9 Å². The van der Waals surface area contributed by atoms with Gasteiger partial charge in [0.05, 0.1) is 11.1 Å². The van der Waals surface area contributed by atoms with Crippen molar-refractivity contribution >= 4 is 24.2 Å². The van der Waals surface area contributed by atoms with E-state index in [0.717, 1.165) is 31.5 Å². The van der Waals surface area contributed by atoms with E-state index in [1.165, 1.54) is 0 Å². The summed E-state index contributed by atoms with van der Waals surface area (Å²) in [4.78, 5) is 23.4. The van der Waals surface area contributed by atoms with E-state index in [4.69, 9.17) is 0 Å². The van der Waals surface area contributed by atoms with Gasteiger partial charge in [-0.2, -0.15) is 0 Å². The molecule has 18 heavy (non-hydrogen) atoms. The number of hydrogen-bond acceptors (Lipinski definition) is 3. The third-order valence-electron chi connectivity index (χ3n) is 3.53. The zero-order valence-corrected chi connectivity index (χ0v) is 10.7. The third-order valence-corrected chi connectivity index (χ3v) is 3.53. The Balaban J connectivity index is 0.00000120. The van der Waals surface area contributed by atoms with Crippen LogP contribution >= 0.6 is 12.4 Å². The van der Waals surface area contributed by atoms with Gasteiger partial charge < -0.3 is 5.32 Å². The Kier molecular flexibility index (Phi) is 3.68. The maximum atomic E-state index is 11.8. The predicted molar refractivity (Wildman–Crippen MR) is 70.3 cm³/mol. The van der Waals surface area contributed by atoms with Crippen LogP contribution in [0.5, 0.6) is 0 Å². The van der Waals surface area contributed by atoms with Gasteiger partial charge in [0, 0.05) is 6.54 Å². The van der Waals surface area contributed by atoms with Gasteiger partial charge in [0.25, 0.3) is 11.8 Å². The average Bonchev–Trinajstić information content (AvgIpc) is 2.66. The van der Waals surface area contributed by atoms with E-state index in [9.17, 15) is 9.59 Å². The van der Waals surface area contributed by atoms with Crippen molar-refractivity contribution in [2.75, 3.05) is 13.1 Å². The van der Waals surface area contributed by atoms with Crippen molar-refractivity contribution in [3.8, 4) is 0 Å². The van der Waals surface area contributed by atoms with Gasteiger partial charge in [-0.3, -0.25) is 14.9 Å². The minimum absolute atomic E-state index is 0. The SMILES string of the molecule is Cl.O=C1NC(=O)c2c1cccc2[C@H]1CCCNC1. The maximum Gasteiger partial charge on any atom is 0.259 e. The van der Waals surface area contributed by atoms with Crippen LogP contribution < -0.4 is 10.6 Å². The van der Waals surface area contributed by atoms with Crippen LogP contribution in [0.1, 0.15) is 45.0 Å². The first-order valence-corrected chi connectivity index (χ1v) is 5.96. The zero-order chi connectivity index (χ0) is 11.8. The number of amides is 2. The molecule has 0 aromatic heterocycles. The molecular formula is C13H15ClN2O2. The molecule has 1 atom stereocenters. The Morgan fingerprint density at radius 2 is 2.00 bits per heavy atom. The number of benzene rings is 1. The Morgan fingerprint density at radius 3 is 2.72 bits per heavy atom. The van der Waals surface area contributed by atoms with E-state index < -0.39 is 0 Å². The van der Waals surface area contributed by atoms with Crippen molar-refractivity contribution < 1.29 is 9.59 Å². The van der Waals surface area contributed by atoms with Gasteiger partial charge in [0.15, 0.2) is 0 Å². The van der Waals surface area contributed by atoms with Gasteiger partial charge in [0.1, 0.15) is 0 Å². The Morgan fingerprint density at radius 1 is 1.17 bits per heavy atom. The first kappa shape index (κ1) is 13.1. The van der Waals surface area contributed by atoms with Crippen LogP contribution in [0.3, 0.4) is 0 Å². The van der Waals surface area contributed by atoms with Crippen LogP contribution in [0.25, 0.3) is 0 Å². The number of carbonyl (C=O) groups excluding carboxylic acids is 2. The van der Waals surface area contributed by atoms with Crippen LogP contribution in [0.15, 0.2) is 18.2 Å². The van der Waals surface area contributed by atoms with E-state index in [1.807, 2.05) is 12.1 Å². The molecule has 1 saturated heterocycles. The largest absolute Gasteiger partial charge is 0.316 e. The molecule has 2 N–H and O–H groups in total. The molecule has 2 aliphatic rings. The maximum absolute atomic E-state index is 11.8. The molecule has 5 heteroatoms. The van der Waals surface area contributed by atoms with Gasteiger partial charge in [-0.1, -0.05) is 12.1 Å². The van der Waals surface area contributed by atoms with Crippen molar-refractivity contribution in [1.82, 2.24) is 10.6 Å². The summed E-state index contributed by atoms with van der Waals surface area (Å²) >= 11 is 0. The molecule has 2 aliphatic heterocycles. The van der Waals surface area contributed by atoms with Gasteiger partial charge in [0.2, 0.25) is 0 Å². The summed E-state index contributed by atoms with van der Waals surface area (Å²) in [5, 5.41) is 5.70. The number of imide groups is 1. The second-order valence-corrected chi connectivity index (χ2v) is 4.60. The zero-order valence-electron chi connectivity index (χ0n) is 9.86. The van der Waals surface area contributed by atoms with E-state index in [-0.39, 0.29) is 24.2 Å². The molecular weight excluding hydrogens is 252 g/mol. The summed E-state index contributed by atoms with van der Waals surface area (Å²) in [6.45, 7) is 1.93. The molecule has 0 bridgehead atoms. The lowest BCUT2D eigenvalue weighted by Gasteiger charge is -2.24. The minimum atomic E-state index is -0.268. The van der Waals surface area contributed by atoms with Gasteiger partial charge in [-0.25, -0.2) is 0 Å². The smallest absolute Gasteiger partial charge is 0.259 e.